The SMILES string of the molecule is C=C/C=C\C(=C)CC(=O)O.CC.CCOC(=S)S. The third-order valence-electron chi connectivity index (χ3n) is 1.11. The van der Waals surface area contributed by atoms with Gasteiger partial charge in [0.15, 0.2) is 0 Å². The van der Waals surface area contributed by atoms with Gasteiger partial charge in [-0.15, -0.1) is 0 Å². The zero-order chi connectivity index (χ0) is 15.0. The summed E-state index contributed by atoms with van der Waals surface area (Å²) in [4.78, 5) is 10.1. The van der Waals surface area contributed by atoms with Crippen molar-refractivity contribution in [2.24, 2.45) is 0 Å². The fourth-order valence-corrected chi connectivity index (χ4v) is 0.828. The normalized spacial score (nSPS) is 8.22. The van der Waals surface area contributed by atoms with Gasteiger partial charge in [0.1, 0.15) is 0 Å². The monoisotopic (exact) mass is 290 g/mol. The summed E-state index contributed by atoms with van der Waals surface area (Å²) in [5.74, 6) is -0.862. The highest BCUT2D eigenvalue weighted by Crippen LogP contribution is 1.98. The van der Waals surface area contributed by atoms with Crippen molar-refractivity contribution in [2.45, 2.75) is 27.2 Å². The summed E-state index contributed by atoms with van der Waals surface area (Å²) in [6, 6.07) is 0. The van der Waals surface area contributed by atoms with Gasteiger partial charge in [0, 0.05) is 0 Å². The maximum atomic E-state index is 10.1. The molecule has 0 aliphatic carbocycles. The molecule has 0 aliphatic rings. The van der Waals surface area contributed by atoms with Crippen LogP contribution in [0.25, 0.3) is 0 Å². The van der Waals surface area contributed by atoms with Crippen molar-refractivity contribution in [3.8, 4) is 0 Å². The van der Waals surface area contributed by atoms with E-state index in [1.807, 2.05) is 20.8 Å². The Bertz CT molecular complexity index is 284. The van der Waals surface area contributed by atoms with Crippen LogP contribution in [0.3, 0.4) is 0 Å². The molecule has 0 bridgehead atoms. The van der Waals surface area contributed by atoms with Gasteiger partial charge in [-0.2, -0.15) is 0 Å². The maximum Gasteiger partial charge on any atom is 0.307 e. The zero-order valence-corrected chi connectivity index (χ0v) is 12.9. The summed E-state index contributed by atoms with van der Waals surface area (Å²) < 4.78 is 4.95. The van der Waals surface area contributed by atoms with E-state index in [1.165, 1.54) is 0 Å². The Hall–Kier alpha value is -1.07. The van der Waals surface area contributed by atoms with E-state index < -0.39 is 5.97 Å². The first-order chi connectivity index (χ1) is 8.43. The number of rotatable bonds is 5. The van der Waals surface area contributed by atoms with E-state index in [0.29, 0.717) is 16.6 Å². The van der Waals surface area contributed by atoms with Crippen LogP contribution in [0.1, 0.15) is 27.2 Å². The highest BCUT2D eigenvalue weighted by Gasteiger charge is 1.95. The minimum absolute atomic E-state index is 0.00958. The molecule has 0 fully saturated rings. The average Bonchev–Trinajstić information content (AvgIpc) is 2.29. The lowest BCUT2D eigenvalue weighted by molar-refractivity contribution is -0.136. The average molecular weight is 290 g/mol. The van der Waals surface area contributed by atoms with Gasteiger partial charge in [0.05, 0.1) is 13.0 Å². The second-order valence-electron chi connectivity index (χ2n) is 2.52. The van der Waals surface area contributed by atoms with Gasteiger partial charge < -0.3 is 9.84 Å². The molecule has 0 saturated carbocycles. The Morgan fingerprint density at radius 2 is 2.00 bits per heavy atom. The number of allylic oxidation sites excluding steroid dienone is 3. The van der Waals surface area contributed by atoms with Gasteiger partial charge >= 0.3 is 5.97 Å². The van der Waals surface area contributed by atoms with Gasteiger partial charge in [-0.25, -0.2) is 0 Å². The molecule has 0 aromatic carbocycles. The first-order valence-electron chi connectivity index (χ1n) is 5.48. The highest BCUT2D eigenvalue weighted by atomic mass is 32.1. The number of thiol groups is 1. The van der Waals surface area contributed by atoms with Crippen LogP contribution >= 0.6 is 24.8 Å². The second kappa shape index (κ2) is 18.3. The smallest absolute Gasteiger partial charge is 0.307 e. The van der Waals surface area contributed by atoms with Gasteiger partial charge in [-0.05, 0) is 24.7 Å². The molecule has 3 nitrogen and oxygen atoms in total. The molecule has 104 valence electrons. The van der Waals surface area contributed by atoms with E-state index in [0.717, 1.165) is 0 Å². The predicted octanol–water partition coefficient (Wildman–Crippen LogP) is 4.02. The fourth-order valence-electron chi connectivity index (χ4n) is 0.581. The molecule has 0 aromatic heterocycles. The molecule has 0 aliphatic heterocycles. The van der Waals surface area contributed by atoms with Crippen molar-refractivity contribution >= 4 is 35.2 Å². The summed E-state index contributed by atoms with van der Waals surface area (Å²) in [6.45, 7) is 13.4. The fraction of sp³-hybridized carbons (Fsp3) is 0.385. The van der Waals surface area contributed by atoms with Crippen LogP contribution in [0.4, 0.5) is 0 Å². The number of aliphatic carboxylic acids is 1. The number of hydrogen-bond acceptors (Lipinski definition) is 3. The Morgan fingerprint density at radius 1 is 1.50 bits per heavy atom. The maximum absolute atomic E-state index is 10.1. The lowest BCUT2D eigenvalue weighted by atomic mass is 10.2. The molecule has 0 heterocycles. The van der Waals surface area contributed by atoms with Crippen LogP contribution in [0.2, 0.25) is 0 Å². The molecule has 0 radical (unpaired) electrons. The van der Waals surface area contributed by atoms with Gasteiger partial charge in [-0.1, -0.05) is 57.9 Å². The molecule has 0 atom stereocenters. The Labute approximate surface area is 121 Å². The third-order valence-corrected chi connectivity index (χ3v) is 1.36. The van der Waals surface area contributed by atoms with Crippen molar-refractivity contribution < 1.29 is 14.6 Å². The van der Waals surface area contributed by atoms with E-state index in [4.69, 9.17) is 5.11 Å². The molecule has 18 heavy (non-hydrogen) atoms. The van der Waals surface area contributed by atoms with Crippen LogP contribution in [-0.2, 0) is 9.53 Å². The molecule has 0 aromatic rings. The first-order valence-corrected chi connectivity index (χ1v) is 6.34. The van der Waals surface area contributed by atoms with E-state index >= 15 is 0 Å². The summed E-state index contributed by atoms with van der Waals surface area (Å²) in [5.41, 5.74) is 0.576. The molecular formula is C13H22O3S2. The van der Waals surface area contributed by atoms with Crippen LogP contribution in [-0.4, -0.2) is 22.1 Å². The van der Waals surface area contributed by atoms with E-state index in [1.54, 1.807) is 18.2 Å². The standard InChI is InChI=1S/C8H10O2.C3H6OS2.C2H6/c1-3-4-5-7(2)6-8(9)10;1-2-4-3(5)6;1-2/h3-5H,1-2,6H2,(H,9,10);2H2,1H3,(H,5,6);1-2H3/b5-4-;;. The summed E-state index contributed by atoms with van der Waals surface area (Å²) in [5, 5.41) is 8.26. The first kappa shape index (κ1) is 22.1. The number of thiocarbonyl (C=S) groups is 1. The van der Waals surface area contributed by atoms with Gasteiger partial charge in [0.2, 0.25) is 4.38 Å². The number of carbonyl (C=O) groups is 1. The van der Waals surface area contributed by atoms with Crippen molar-refractivity contribution in [1.29, 1.82) is 0 Å². The van der Waals surface area contributed by atoms with Crippen LogP contribution in [0.15, 0.2) is 37.0 Å². The molecule has 5 heteroatoms. The molecule has 0 unspecified atom stereocenters. The number of ether oxygens (including phenoxy) is 1. The Kier molecular flexibility index (Phi) is 22.5. The molecular weight excluding hydrogens is 268 g/mol. The quantitative estimate of drug-likeness (QED) is 0.456. The summed E-state index contributed by atoms with van der Waals surface area (Å²) >= 11 is 8.12. The van der Waals surface area contributed by atoms with Crippen LogP contribution in [0, 0.1) is 0 Å². The number of carboxylic acids is 1. The lowest BCUT2D eigenvalue weighted by Crippen LogP contribution is -1.93. The van der Waals surface area contributed by atoms with Gasteiger partial charge in [0.25, 0.3) is 0 Å². The minimum Gasteiger partial charge on any atom is -0.481 e. The Morgan fingerprint density at radius 3 is 2.22 bits per heavy atom. The van der Waals surface area contributed by atoms with Crippen molar-refractivity contribution in [2.75, 3.05) is 6.61 Å². The molecule has 1 N–H and O–H groups in total. The predicted molar refractivity (Wildman–Crippen MR) is 85.3 cm³/mol. The topological polar surface area (TPSA) is 46.5 Å². The molecule has 0 saturated heterocycles. The largest absolute Gasteiger partial charge is 0.481 e. The van der Waals surface area contributed by atoms with Crippen LogP contribution < -0.4 is 0 Å². The second-order valence-corrected chi connectivity index (χ2v) is 3.60. The third kappa shape index (κ3) is 29.4. The van der Waals surface area contributed by atoms with E-state index in [9.17, 15) is 4.79 Å². The molecule has 0 amide bonds. The number of hydrogen-bond donors (Lipinski definition) is 2. The van der Waals surface area contributed by atoms with Crippen LogP contribution in [0.5, 0.6) is 0 Å². The molecule has 0 rings (SSSR count). The van der Waals surface area contributed by atoms with Crippen molar-refractivity contribution in [1.82, 2.24) is 0 Å². The van der Waals surface area contributed by atoms with Gasteiger partial charge in [-0.3, -0.25) is 4.79 Å². The molecule has 0 spiro atoms. The van der Waals surface area contributed by atoms with Crippen molar-refractivity contribution in [3.05, 3.63) is 37.0 Å². The zero-order valence-electron chi connectivity index (χ0n) is 11.2. The summed E-state index contributed by atoms with van der Waals surface area (Å²) in [6.07, 6.45) is 4.85. The lowest BCUT2D eigenvalue weighted by Gasteiger charge is -1.92. The Balaban J connectivity index is -0.000000241. The van der Waals surface area contributed by atoms with Crippen molar-refractivity contribution in [3.63, 3.8) is 0 Å². The van der Waals surface area contributed by atoms with E-state index in [-0.39, 0.29) is 6.42 Å². The summed E-state index contributed by atoms with van der Waals surface area (Å²) in [7, 11) is 0. The highest BCUT2D eigenvalue weighted by molar-refractivity contribution is 8.10. The number of carboxylic acid groups (broad SMARTS) is 1. The van der Waals surface area contributed by atoms with E-state index in [2.05, 4.69) is 42.7 Å². The minimum atomic E-state index is -0.862.